The second kappa shape index (κ2) is 9.03. The molecule has 23 heavy (non-hydrogen) atoms. The standard InChI is InChI=1S/C19H24O2Si.Li/c1-16(22(2,3)18-12-8-5-9-13-18)14-19(20)21-15-17-10-6-4-7-11-17;/h4-14,16,20H,15H2,1-3H3;/q;+1/p-1/b19-14+;. The molecule has 116 valence electrons. The molecule has 2 nitrogen and oxygen atoms in total. The molecule has 0 N–H and O–H groups in total. The van der Waals surface area contributed by atoms with Crippen LogP contribution in [0.15, 0.2) is 72.7 Å². The topological polar surface area (TPSA) is 32.3 Å². The van der Waals surface area contributed by atoms with Crippen molar-refractivity contribution in [3.63, 3.8) is 0 Å². The van der Waals surface area contributed by atoms with E-state index in [-0.39, 0.29) is 30.3 Å². The third-order valence-electron chi connectivity index (χ3n) is 4.27. The number of rotatable bonds is 6. The van der Waals surface area contributed by atoms with Crippen molar-refractivity contribution in [2.45, 2.75) is 32.2 Å². The quantitative estimate of drug-likeness (QED) is 0.571. The molecule has 0 aliphatic rings. The Morgan fingerprint density at radius 2 is 1.57 bits per heavy atom. The summed E-state index contributed by atoms with van der Waals surface area (Å²) in [4.78, 5) is 0. The van der Waals surface area contributed by atoms with Gasteiger partial charge in [-0.1, -0.05) is 91.9 Å². The minimum Gasteiger partial charge on any atom is -0.609 e. The Kier molecular flexibility index (Phi) is 7.71. The fourth-order valence-electron chi connectivity index (χ4n) is 2.32. The summed E-state index contributed by atoms with van der Waals surface area (Å²) in [6.07, 6.45) is 1.74. The second-order valence-electron chi connectivity index (χ2n) is 6.14. The molecule has 0 aromatic heterocycles. The van der Waals surface area contributed by atoms with E-state index in [1.807, 2.05) is 36.4 Å². The molecule has 0 bridgehead atoms. The van der Waals surface area contributed by atoms with E-state index in [9.17, 15) is 5.11 Å². The van der Waals surface area contributed by atoms with Gasteiger partial charge in [0, 0.05) is 12.6 Å². The Morgan fingerprint density at radius 1 is 1.04 bits per heavy atom. The van der Waals surface area contributed by atoms with Crippen LogP contribution >= 0.6 is 0 Å². The van der Waals surface area contributed by atoms with Gasteiger partial charge in [0.15, 0.2) is 0 Å². The van der Waals surface area contributed by atoms with Gasteiger partial charge in [-0.3, -0.25) is 0 Å². The number of ether oxygens (including phenoxy) is 1. The maximum Gasteiger partial charge on any atom is 1.00 e. The molecule has 0 aliphatic carbocycles. The molecule has 2 aromatic carbocycles. The fraction of sp³-hybridized carbons (Fsp3) is 0.263. The van der Waals surface area contributed by atoms with Gasteiger partial charge in [-0.05, 0) is 11.1 Å². The van der Waals surface area contributed by atoms with Crippen LogP contribution in [-0.2, 0) is 11.3 Å². The van der Waals surface area contributed by atoms with Crippen molar-refractivity contribution < 1.29 is 28.7 Å². The number of hydrogen-bond donors (Lipinski definition) is 0. The van der Waals surface area contributed by atoms with Crippen molar-refractivity contribution in [1.29, 1.82) is 0 Å². The van der Waals surface area contributed by atoms with E-state index in [2.05, 4.69) is 44.3 Å². The molecule has 2 rings (SSSR count). The summed E-state index contributed by atoms with van der Waals surface area (Å²) in [7, 11) is -1.71. The van der Waals surface area contributed by atoms with Crippen molar-refractivity contribution in [1.82, 2.24) is 0 Å². The first-order chi connectivity index (χ1) is 10.5. The smallest absolute Gasteiger partial charge is 0.609 e. The van der Waals surface area contributed by atoms with Crippen LogP contribution in [0.3, 0.4) is 0 Å². The van der Waals surface area contributed by atoms with Crippen LogP contribution in [0.4, 0.5) is 0 Å². The molecule has 1 unspecified atom stereocenters. The fourth-order valence-corrected chi connectivity index (χ4v) is 4.45. The Balaban J connectivity index is 0.00000264. The largest absolute Gasteiger partial charge is 1.00 e. The number of allylic oxidation sites excluding steroid dienone is 1. The molecule has 0 amide bonds. The first-order valence-electron chi connectivity index (χ1n) is 7.61. The third-order valence-corrected chi connectivity index (χ3v) is 8.53. The van der Waals surface area contributed by atoms with Crippen LogP contribution in [0.2, 0.25) is 18.6 Å². The van der Waals surface area contributed by atoms with Crippen LogP contribution in [0.25, 0.3) is 0 Å². The molecule has 0 saturated carbocycles. The first kappa shape index (κ1) is 19.6. The predicted octanol–water partition coefficient (Wildman–Crippen LogP) is 0.415. The zero-order chi connectivity index (χ0) is 16.0. The molecule has 0 spiro atoms. The van der Waals surface area contributed by atoms with Crippen molar-refractivity contribution in [2.24, 2.45) is 0 Å². The molecule has 2 aromatic rings. The summed E-state index contributed by atoms with van der Waals surface area (Å²) < 4.78 is 5.36. The van der Waals surface area contributed by atoms with Gasteiger partial charge in [-0.2, -0.15) is 0 Å². The Bertz CT molecular complexity index is 612. The minimum absolute atomic E-state index is 0. The zero-order valence-electron chi connectivity index (χ0n) is 14.5. The van der Waals surface area contributed by atoms with Crippen molar-refractivity contribution in [3.05, 3.63) is 78.2 Å². The molecular formula is C19H23LiO2Si. The Labute approximate surface area is 152 Å². The summed E-state index contributed by atoms with van der Waals surface area (Å²) in [6.45, 7) is 7.02. The molecule has 0 saturated heterocycles. The van der Waals surface area contributed by atoms with E-state index >= 15 is 0 Å². The van der Waals surface area contributed by atoms with Crippen LogP contribution in [0, 0.1) is 0 Å². The normalized spacial score (nSPS) is 13.1. The van der Waals surface area contributed by atoms with Crippen LogP contribution in [0.1, 0.15) is 12.5 Å². The SMILES string of the molecule is CC(/C=C(\[O-])OCc1ccccc1)[Si](C)(C)c1ccccc1.[Li+]. The Hall–Kier alpha value is -1.41. The average molecular weight is 318 g/mol. The van der Waals surface area contributed by atoms with Crippen molar-refractivity contribution in [3.8, 4) is 0 Å². The van der Waals surface area contributed by atoms with Gasteiger partial charge in [-0.25, -0.2) is 0 Å². The molecular weight excluding hydrogens is 295 g/mol. The van der Waals surface area contributed by atoms with Crippen LogP contribution in [-0.4, -0.2) is 8.07 Å². The Morgan fingerprint density at radius 3 is 2.13 bits per heavy atom. The van der Waals surface area contributed by atoms with Gasteiger partial charge in [-0.15, -0.1) is 0 Å². The first-order valence-corrected chi connectivity index (χ1v) is 10.7. The van der Waals surface area contributed by atoms with Gasteiger partial charge in [0.25, 0.3) is 0 Å². The summed E-state index contributed by atoms with van der Waals surface area (Å²) >= 11 is 0. The maximum atomic E-state index is 12.0. The van der Waals surface area contributed by atoms with Gasteiger partial charge >= 0.3 is 18.9 Å². The van der Waals surface area contributed by atoms with Crippen LogP contribution < -0.4 is 29.2 Å². The van der Waals surface area contributed by atoms with Crippen LogP contribution in [0.5, 0.6) is 0 Å². The van der Waals surface area contributed by atoms with Gasteiger partial charge in [0.2, 0.25) is 0 Å². The molecule has 0 fully saturated rings. The van der Waals surface area contributed by atoms with E-state index < -0.39 is 8.07 Å². The number of benzene rings is 2. The zero-order valence-corrected chi connectivity index (χ0v) is 15.5. The monoisotopic (exact) mass is 318 g/mol. The maximum absolute atomic E-state index is 12.0. The van der Waals surface area contributed by atoms with Crippen molar-refractivity contribution in [2.75, 3.05) is 0 Å². The van der Waals surface area contributed by atoms with E-state index in [0.29, 0.717) is 6.61 Å². The van der Waals surface area contributed by atoms with E-state index in [1.54, 1.807) is 6.08 Å². The molecule has 0 heterocycles. The van der Waals surface area contributed by atoms with E-state index in [0.717, 1.165) is 5.56 Å². The predicted molar refractivity (Wildman–Crippen MR) is 92.3 cm³/mol. The van der Waals surface area contributed by atoms with Gasteiger partial charge in [0.1, 0.15) is 0 Å². The van der Waals surface area contributed by atoms with Gasteiger partial charge < -0.3 is 9.84 Å². The third kappa shape index (κ3) is 5.62. The average Bonchev–Trinajstić information content (AvgIpc) is 2.54. The molecule has 0 radical (unpaired) electrons. The minimum atomic E-state index is -1.71. The van der Waals surface area contributed by atoms with Gasteiger partial charge in [0.05, 0.1) is 8.07 Å². The van der Waals surface area contributed by atoms with Crippen molar-refractivity contribution >= 4 is 13.3 Å². The molecule has 0 aliphatic heterocycles. The number of hydrogen-bond acceptors (Lipinski definition) is 2. The second-order valence-corrected chi connectivity index (χ2v) is 11.1. The van der Waals surface area contributed by atoms with E-state index in [1.165, 1.54) is 5.19 Å². The summed E-state index contributed by atoms with van der Waals surface area (Å²) in [6, 6.07) is 20.2. The van der Waals surface area contributed by atoms with E-state index in [4.69, 9.17) is 4.74 Å². The summed E-state index contributed by atoms with van der Waals surface area (Å²) in [5, 5.41) is 13.4. The summed E-state index contributed by atoms with van der Waals surface area (Å²) in [5.41, 5.74) is 1.23. The molecule has 4 heteroatoms. The summed E-state index contributed by atoms with van der Waals surface area (Å²) in [5.74, 6) is -0.229. The molecule has 1 atom stereocenters.